The molecule has 0 aliphatic rings. The van der Waals surface area contributed by atoms with Crippen LogP contribution in [-0.4, -0.2) is 15.2 Å². The fraction of sp³-hybridized carbons (Fsp3) is 0. The number of rotatable bonds is 2. The van der Waals surface area contributed by atoms with Crippen LogP contribution in [0.25, 0.3) is 22.8 Å². The van der Waals surface area contributed by atoms with Crippen LogP contribution in [0, 0.1) is 11.6 Å². The summed E-state index contributed by atoms with van der Waals surface area (Å²) in [5.41, 5.74) is 7.46. The first kappa shape index (κ1) is 12.3. The lowest BCUT2D eigenvalue weighted by Crippen LogP contribution is -1.87. The second-order valence-electron chi connectivity index (χ2n) is 4.26. The van der Waals surface area contributed by atoms with E-state index in [4.69, 9.17) is 5.73 Å². The molecule has 6 heteroatoms. The van der Waals surface area contributed by atoms with Crippen LogP contribution in [-0.2, 0) is 0 Å². The summed E-state index contributed by atoms with van der Waals surface area (Å²) >= 11 is 0. The highest BCUT2D eigenvalue weighted by molar-refractivity contribution is 5.64. The number of anilines is 1. The molecular weight excluding hydrogens is 262 g/mol. The molecule has 0 spiro atoms. The van der Waals surface area contributed by atoms with Crippen LogP contribution in [0.3, 0.4) is 0 Å². The lowest BCUT2D eigenvalue weighted by atomic mass is 10.2. The van der Waals surface area contributed by atoms with Crippen molar-refractivity contribution in [1.82, 2.24) is 15.2 Å². The molecular formula is C14H10F2N4. The van der Waals surface area contributed by atoms with Gasteiger partial charge in [-0.15, -0.1) is 0 Å². The molecule has 0 atom stereocenters. The molecule has 0 bridgehead atoms. The maximum Gasteiger partial charge on any atom is 0.181 e. The molecule has 1 aromatic heterocycles. The number of nitrogens with one attached hydrogen (secondary N) is 1. The Morgan fingerprint density at radius 2 is 1.80 bits per heavy atom. The zero-order valence-electron chi connectivity index (χ0n) is 10.3. The molecule has 0 saturated carbocycles. The molecule has 0 amide bonds. The van der Waals surface area contributed by atoms with Gasteiger partial charge in [0, 0.05) is 16.8 Å². The first-order valence-corrected chi connectivity index (χ1v) is 5.87. The summed E-state index contributed by atoms with van der Waals surface area (Å²) in [4.78, 5) is 4.25. The van der Waals surface area contributed by atoms with Crippen molar-refractivity contribution in [2.75, 3.05) is 5.73 Å². The van der Waals surface area contributed by atoms with Crippen LogP contribution >= 0.6 is 0 Å². The van der Waals surface area contributed by atoms with E-state index in [0.29, 0.717) is 22.9 Å². The molecule has 0 radical (unpaired) electrons. The Labute approximate surface area is 113 Å². The van der Waals surface area contributed by atoms with Crippen molar-refractivity contribution in [3.8, 4) is 22.8 Å². The number of nitrogens with two attached hydrogens (primary N) is 1. The zero-order valence-corrected chi connectivity index (χ0v) is 10.3. The van der Waals surface area contributed by atoms with E-state index < -0.39 is 11.6 Å². The number of hydrogen-bond donors (Lipinski definition) is 2. The van der Waals surface area contributed by atoms with Gasteiger partial charge in [0.1, 0.15) is 0 Å². The van der Waals surface area contributed by atoms with Crippen LogP contribution in [0.2, 0.25) is 0 Å². The molecule has 3 N–H and O–H groups in total. The number of benzene rings is 2. The van der Waals surface area contributed by atoms with Crippen molar-refractivity contribution < 1.29 is 8.78 Å². The number of aromatic nitrogens is 3. The van der Waals surface area contributed by atoms with Crippen molar-refractivity contribution in [2.24, 2.45) is 0 Å². The van der Waals surface area contributed by atoms with Gasteiger partial charge in [0.05, 0.1) is 0 Å². The van der Waals surface area contributed by atoms with Gasteiger partial charge in [-0.05, 0) is 30.3 Å². The minimum Gasteiger partial charge on any atom is -0.399 e. The Bertz CT molecular complexity index is 767. The zero-order chi connectivity index (χ0) is 14.1. The molecule has 0 saturated heterocycles. The minimum absolute atomic E-state index is 0.362. The number of halogens is 2. The van der Waals surface area contributed by atoms with E-state index in [-0.39, 0.29) is 0 Å². The van der Waals surface area contributed by atoms with Gasteiger partial charge >= 0.3 is 0 Å². The SMILES string of the molecule is Nc1cccc(-c2n[nH]c(-c3ccc(F)c(F)c3)n2)c1. The highest BCUT2D eigenvalue weighted by Crippen LogP contribution is 2.22. The van der Waals surface area contributed by atoms with E-state index in [0.717, 1.165) is 17.7 Å². The summed E-state index contributed by atoms with van der Waals surface area (Å²) in [5, 5.41) is 6.74. The van der Waals surface area contributed by atoms with E-state index in [2.05, 4.69) is 15.2 Å². The van der Waals surface area contributed by atoms with Crippen LogP contribution < -0.4 is 5.73 Å². The molecule has 1 heterocycles. The Hall–Kier alpha value is -2.76. The second-order valence-corrected chi connectivity index (χ2v) is 4.26. The summed E-state index contributed by atoms with van der Waals surface area (Å²) in [7, 11) is 0. The molecule has 100 valence electrons. The maximum atomic E-state index is 13.2. The normalized spacial score (nSPS) is 10.7. The van der Waals surface area contributed by atoms with Gasteiger partial charge in [-0.25, -0.2) is 13.8 Å². The highest BCUT2D eigenvalue weighted by atomic mass is 19.2. The fourth-order valence-electron chi connectivity index (χ4n) is 1.84. The van der Waals surface area contributed by atoms with Gasteiger partial charge in [-0.1, -0.05) is 12.1 Å². The third-order valence-electron chi connectivity index (χ3n) is 2.82. The van der Waals surface area contributed by atoms with Gasteiger partial charge in [-0.2, -0.15) is 5.10 Å². The largest absolute Gasteiger partial charge is 0.399 e. The first-order chi connectivity index (χ1) is 9.63. The van der Waals surface area contributed by atoms with Crippen molar-refractivity contribution in [2.45, 2.75) is 0 Å². The number of nitrogen functional groups attached to an aromatic ring is 1. The van der Waals surface area contributed by atoms with Crippen LogP contribution in [0.4, 0.5) is 14.5 Å². The molecule has 0 aliphatic heterocycles. The van der Waals surface area contributed by atoms with Crippen molar-refractivity contribution in [3.63, 3.8) is 0 Å². The molecule has 0 fully saturated rings. The average Bonchev–Trinajstić information content (AvgIpc) is 2.92. The van der Waals surface area contributed by atoms with Crippen LogP contribution in [0.15, 0.2) is 42.5 Å². The fourth-order valence-corrected chi connectivity index (χ4v) is 1.84. The Kier molecular flexibility index (Phi) is 2.90. The van der Waals surface area contributed by atoms with E-state index in [1.807, 2.05) is 6.07 Å². The van der Waals surface area contributed by atoms with Crippen molar-refractivity contribution >= 4 is 5.69 Å². The lowest BCUT2D eigenvalue weighted by Gasteiger charge is -1.97. The first-order valence-electron chi connectivity index (χ1n) is 5.87. The van der Waals surface area contributed by atoms with Gasteiger partial charge in [0.2, 0.25) is 0 Å². The molecule has 3 rings (SSSR count). The third-order valence-corrected chi connectivity index (χ3v) is 2.82. The summed E-state index contributed by atoms with van der Waals surface area (Å²) in [6.07, 6.45) is 0. The van der Waals surface area contributed by atoms with Crippen LogP contribution in [0.5, 0.6) is 0 Å². The standard InChI is InChI=1S/C14H10F2N4/c15-11-5-4-9(7-12(11)16)14-18-13(19-20-14)8-2-1-3-10(17)6-8/h1-7H,17H2,(H,18,19,20). The lowest BCUT2D eigenvalue weighted by molar-refractivity contribution is 0.509. The Morgan fingerprint density at radius 1 is 0.950 bits per heavy atom. The average molecular weight is 272 g/mol. The van der Waals surface area contributed by atoms with E-state index >= 15 is 0 Å². The minimum atomic E-state index is -0.926. The van der Waals surface area contributed by atoms with Crippen molar-refractivity contribution in [3.05, 3.63) is 54.1 Å². The summed E-state index contributed by atoms with van der Waals surface area (Å²) in [5.74, 6) is -1.02. The molecule has 3 aromatic rings. The molecule has 4 nitrogen and oxygen atoms in total. The maximum absolute atomic E-state index is 13.2. The van der Waals surface area contributed by atoms with Crippen molar-refractivity contribution in [1.29, 1.82) is 0 Å². The third kappa shape index (κ3) is 2.23. The smallest absolute Gasteiger partial charge is 0.181 e. The molecule has 20 heavy (non-hydrogen) atoms. The molecule has 0 aliphatic carbocycles. The topological polar surface area (TPSA) is 67.6 Å². The van der Waals surface area contributed by atoms with E-state index in [1.165, 1.54) is 6.07 Å². The van der Waals surface area contributed by atoms with Gasteiger partial charge in [0.25, 0.3) is 0 Å². The number of nitrogens with zero attached hydrogens (tertiary/aromatic N) is 2. The van der Waals surface area contributed by atoms with Gasteiger partial charge in [-0.3, -0.25) is 5.10 Å². The van der Waals surface area contributed by atoms with Gasteiger partial charge < -0.3 is 5.73 Å². The summed E-state index contributed by atoms with van der Waals surface area (Å²) in [6.45, 7) is 0. The second kappa shape index (κ2) is 4.73. The number of hydrogen-bond acceptors (Lipinski definition) is 3. The predicted octanol–water partition coefficient (Wildman–Crippen LogP) is 3.00. The van der Waals surface area contributed by atoms with E-state index in [9.17, 15) is 8.78 Å². The van der Waals surface area contributed by atoms with Crippen LogP contribution in [0.1, 0.15) is 0 Å². The highest BCUT2D eigenvalue weighted by Gasteiger charge is 2.10. The van der Waals surface area contributed by atoms with Gasteiger partial charge in [0.15, 0.2) is 23.3 Å². The Morgan fingerprint density at radius 3 is 2.55 bits per heavy atom. The number of H-pyrrole nitrogens is 1. The predicted molar refractivity (Wildman–Crippen MR) is 71.6 cm³/mol. The molecule has 0 unspecified atom stereocenters. The molecule has 2 aromatic carbocycles. The summed E-state index contributed by atoms with van der Waals surface area (Å²) < 4.78 is 26.1. The monoisotopic (exact) mass is 272 g/mol. The number of aromatic amines is 1. The Balaban J connectivity index is 1.99. The quantitative estimate of drug-likeness (QED) is 0.705. The van der Waals surface area contributed by atoms with E-state index in [1.54, 1.807) is 18.2 Å². The summed E-state index contributed by atoms with van der Waals surface area (Å²) in [6, 6.07) is 10.6.